The number of carbonyl (C=O) groups excluding carboxylic acids is 1. The second kappa shape index (κ2) is 6.02. The Hall–Kier alpha value is -2.08. The lowest BCUT2D eigenvalue weighted by Crippen LogP contribution is -2.37. The van der Waals surface area contributed by atoms with Crippen LogP contribution in [-0.2, 0) is 9.53 Å². The van der Waals surface area contributed by atoms with E-state index in [0.717, 1.165) is 0 Å². The number of aryl methyl sites for hydroxylation is 1. The maximum Gasteiger partial charge on any atom is 0.334 e. The molecule has 6 heteroatoms. The van der Waals surface area contributed by atoms with Crippen molar-refractivity contribution in [3.8, 4) is 5.75 Å². The molecule has 0 fully saturated rings. The summed E-state index contributed by atoms with van der Waals surface area (Å²) < 4.78 is 4.68. The Kier molecular flexibility index (Phi) is 4.67. The summed E-state index contributed by atoms with van der Waals surface area (Å²) in [6, 6.07) is 4.76. The van der Waals surface area contributed by atoms with E-state index >= 15 is 0 Å². The van der Waals surface area contributed by atoms with Crippen LogP contribution in [0.5, 0.6) is 5.75 Å². The number of rotatable bonds is 5. The Bertz CT molecular complexity index is 458. The zero-order valence-corrected chi connectivity index (χ0v) is 10.1. The Labute approximate surface area is 104 Å². The molecule has 0 aliphatic heterocycles. The molecule has 0 saturated carbocycles. The van der Waals surface area contributed by atoms with Crippen molar-refractivity contribution in [3.05, 3.63) is 29.3 Å². The molecule has 0 heterocycles. The third-order valence-corrected chi connectivity index (χ3v) is 2.49. The van der Waals surface area contributed by atoms with Gasteiger partial charge in [-0.3, -0.25) is 4.79 Å². The number of methoxy groups -OCH3 is 1. The molecule has 1 aromatic rings. The Morgan fingerprint density at radius 1 is 1.44 bits per heavy atom. The SMILES string of the molecule is COC(CNC(=O)c1cccc(C)c1O)C(=O)O. The lowest BCUT2D eigenvalue weighted by atomic mass is 10.1. The van der Waals surface area contributed by atoms with Gasteiger partial charge >= 0.3 is 5.97 Å². The maximum absolute atomic E-state index is 11.7. The molecule has 0 radical (unpaired) electrons. The quantitative estimate of drug-likeness (QED) is 0.711. The second-order valence-electron chi connectivity index (χ2n) is 3.74. The van der Waals surface area contributed by atoms with Crippen LogP contribution in [0, 0.1) is 6.92 Å². The van der Waals surface area contributed by atoms with E-state index in [1.165, 1.54) is 13.2 Å². The summed E-state index contributed by atoms with van der Waals surface area (Å²) in [4.78, 5) is 22.4. The molecule has 0 bridgehead atoms. The van der Waals surface area contributed by atoms with Gasteiger partial charge in [-0.15, -0.1) is 0 Å². The fourth-order valence-electron chi connectivity index (χ4n) is 1.39. The minimum absolute atomic E-state index is 0.107. The van der Waals surface area contributed by atoms with Gasteiger partial charge in [-0.2, -0.15) is 0 Å². The molecule has 1 aromatic carbocycles. The van der Waals surface area contributed by atoms with Crippen molar-refractivity contribution in [2.24, 2.45) is 0 Å². The number of aliphatic carboxylic acids is 1. The second-order valence-corrected chi connectivity index (χ2v) is 3.74. The van der Waals surface area contributed by atoms with Crippen LogP contribution in [0.4, 0.5) is 0 Å². The Morgan fingerprint density at radius 3 is 2.67 bits per heavy atom. The summed E-state index contributed by atoms with van der Waals surface area (Å²) in [6.07, 6.45) is -1.11. The molecule has 18 heavy (non-hydrogen) atoms. The van der Waals surface area contributed by atoms with Crippen molar-refractivity contribution >= 4 is 11.9 Å². The number of carboxylic acids is 1. The summed E-state index contributed by atoms with van der Waals surface area (Å²) in [5, 5.41) is 20.8. The van der Waals surface area contributed by atoms with Crippen LogP contribution in [0.2, 0.25) is 0 Å². The topological polar surface area (TPSA) is 95.9 Å². The third-order valence-electron chi connectivity index (χ3n) is 2.49. The average molecular weight is 253 g/mol. The molecule has 6 nitrogen and oxygen atoms in total. The van der Waals surface area contributed by atoms with Gasteiger partial charge in [0.1, 0.15) is 5.75 Å². The van der Waals surface area contributed by atoms with E-state index in [1.807, 2.05) is 0 Å². The normalized spacial score (nSPS) is 11.9. The van der Waals surface area contributed by atoms with E-state index < -0.39 is 18.0 Å². The Morgan fingerprint density at radius 2 is 2.11 bits per heavy atom. The highest BCUT2D eigenvalue weighted by Gasteiger charge is 2.19. The molecule has 0 aromatic heterocycles. The number of phenols is 1. The fraction of sp³-hybridized carbons (Fsp3) is 0.333. The molecule has 0 aliphatic rings. The number of carboxylic acid groups (broad SMARTS) is 1. The van der Waals surface area contributed by atoms with E-state index in [4.69, 9.17) is 5.11 Å². The van der Waals surface area contributed by atoms with Gasteiger partial charge in [0, 0.05) is 7.11 Å². The van der Waals surface area contributed by atoms with Crippen molar-refractivity contribution in [1.82, 2.24) is 5.32 Å². The van der Waals surface area contributed by atoms with Gasteiger partial charge in [-0.1, -0.05) is 12.1 Å². The van der Waals surface area contributed by atoms with Crippen LogP contribution in [0.25, 0.3) is 0 Å². The molecule has 3 N–H and O–H groups in total. The number of para-hydroxylation sites is 1. The summed E-state index contributed by atoms with van der Waals surface area (Å²) in [7, 11) is 1.25. The van der Waals surface area contributed by atoms with E-state index in [1.54, 1.807) is 19.1 Å². The number of aromatic hydroxyl groups is 1. The molecular formula is C12H15NO5. The summed E-state index contributed by atoms with van der Waals surface area (Å²) >= 11 is 0. The molecule has 1 rings (SSSR count). The minimum atomic E-state index is -1.16. The van der Waals surface area contributed by atoms with Crippen LogP contribution in [0.15, 0.2) is 18.2 Å². The summed E-state index contributed by atoms with van der Waals surface area (Å²) in [6.45, 7) is 1.50. The highest BCUT2D eigenvalue weighted by molar-refractivity contribution is 5.97. The number of amides is 1. The lowest BCUT2D eigenvalue weighted by Gasteiger charge is -2.12. The molecule has 0 saturated heterocycles. The van der Waals surface area contributed by atoms with Gasteiger partial charge in [0.15, 0.2) is 6.10 Å². The van der Waals surface area contributed by atoms with Crippen molar-refractivity contribution in [2.75, 3.05) is 13.7 Å². The van der Waals surface area contributed by atoms with Gasteiger partial charge < -0.3 is 20.3 Å². The van der Waals surface area contributed by atoms with Gasteiger partial charge in [0.05, 0.1) is 12.1 Å². The molecule has 1 atom stereocenters. The Balaban J connectivity index is 2.71. The zero-order valence-electron chi connectivity index (χ0n) is 10.1. The van der Waals surface area contributed by atoms with Crippen LogP contribution >= 0.6 is 0 Å². The predicted octanol–water partition coefficient (Wildman–Crippen LogP) is 0.530. The predicted molar refractivity (Wildman–Crippen MR) is 63.6 cm³/mol. The number of phenolic OH excluding ortho intramolecular Hbond substituents is 1. The lowest BCUT2D eigenvalue weighted by molar-refractivity contribution is -0.148. The number of nitrogens with one attached hydrogen (secondary N) is 1. The summed E-state index contributed by atoms with van der Waals surface area (Å²) in [5.74, 6) is -1.81. The first-order valence-electron chi connectivity index (χ1n) is 5.29. The van der Waals surface area contributed by atoms with Gasteiger partial charge in [-0.05, 0) is 18.6 Å². The first kappa shape index (κ1) is 14.0. The van der Waals surface area contributed by atoms with E-state index in [-0.39, 0.29) is 17.9 Å². The minimum Gasteiger partial charge on any atom is -0.507 e. The molecule has 0 aliphatic carbocycles. The average Bonchev–Trinajstić information content (AvgIpc) is 2.32. The standard InChI is InChI=1S/C12H15NO5/c1-7-4-3-5-8(10(7)14)11(15)13-6-9(18-2)12(16)17/h3-5,9,14H,6H2,1-2H3,(H,13,15)(H,16,17). The zero-order chi connectivity index (χ0) is 13.7. The molecule has 1 unspecified atom stereocenters. The van der Waals surface area contributed by atoms with Crippen molar-refractivity contribution in [1.29, 1.82) is 0 Å². The number of hydrogen-bond acceptors (Lipinski definition) is 4. The first-order chi connectivity index (χ1) is 8.47. The van der Waals surface area contributed by atoms with E-state index in [9.17, 15) is 14.7 Å². The van der Waals surface area contributed by atoms with Gasteiger partial charge in [-0.25, -0.2) is 4.79 Å². The first-order valence-corrected chi connectivity index (χ1v) is 5.29. The van der Waals surface area contributed by atoms with E-state index in [0.29, 0.717) is 5.56 Å². The highest BCUT2D eigenvalue weighted by Crippen LogP contribution is 2.20. The van der Waals surface area contributed by atoms with Crippen LogP contribution in [-0.4, -0.2) is 41.8 Å². The van der Waals surface area contributed by atoms with Crippen LogP contribution in [0.3, 0.4) is 0 Å². The molecule has 98 valence electrons. The van der Waals surface area contributed by atoms with Gasteiger partial charge in [0.25, 0.3) is 5.91 Å². The smallest absolute Gasteiger partial charge is 0.334 e. The van der Waals surface area contributed by atoms with E-state index in [2.05, 4.69) is 10.1 Å². The largest absolute Gasteiger partial charge is 0.507 e. The maximum atomic E-state index is 11.7. The summed E-state index contributed by atoms with van der Waals surface area (Å²) in [5.41, 5.74) is 0.680. The number of ether oxygens (including phenoxy) is 1. The molecular weight excluding hydrogens is 238 g/mol. The number of benzene rings is 1. The van der Waals surface area contributed by atoms with Gasteiger partial charge in [0.2, 0.25) is 0 Å². The van der Waals surface area contributed by atoms with Crippen molar-refractivity contribution < 1.29 is 24.5 Å². The van der Waals surface area contributed by atoms with Crippen molar-refractivity contribution in [2.45, 2.75) is 13.0 Å². The number of hydrogen-bond donors (Lipinski definition) is 3. The monoisotopic (exact) mass is 253 g/mol. The van der Waals surface area contributed by atoms with Crippen LogP contribution in [0.1, 0.15) is 15.9 Å². The fourth-order valence-corrected chi connectivity index (χ4v) is 1.39. The highest BCUT2D eigenvalue weighted by atomic mass is 16.5. The van der Waals surface area contributed by atoms with Crippen LogP contribution < -0.4 is 5.32 Å². The molecule has 1 amide bonds. The molecule has 0 spiro atoms. The number of carbonyl (C=O) groups is 2. The van der Waals surface area contributed by atoms with Crippen molar-refractivity contribution in [3.63, 3.8) is 0 Å². The third kappa shape index (κ3) is 3.21.